The van der Waals surface area contributed by atoms with Gasteiger partial charge in [-0.3, -0.25) is 0 Å². The van der Waals surface area contributed by atoms with Crippen molar-refractivity contribution in [3.8, 4) is 29.0 Å². The second-order valence-electron chi connectivity index (χ2n) is 7.64. The van der Waals surface area contributed by atoms with Crippen LogP contribution in [-0.2, 0) is 6.42 Å². The number of carboxylic acid groups (broad SMARTS) is 1. The van der Waals surface area contributed by atoms with Gasteiger partial charge in [-0.05, 0) is 43.0 Å². The van der Waals surface area contributed by atoms with Gasteiger partial charge in [0.1, 0.15) is 17.4 Å². The molecule has 0 amide bonds. The summed E-state index contributed by atoms with van der Waals surface area (Å²) in [4.78, 5) is 11.9. The summed E-state index contributed by atoms with van der Waals surface area (Å²) in [7, 11) is 0. The number of aryl methyl sites for hydroxylation is 1. The third kappa shape index (κ3) is 6.33. The van der Waals surface area contributed by atoms with Crippen LogP contribution in [0.3, 0.4) is 0 Å². The second kappa shape index (κ2) is 12.4. The minimum atomic E-state index is -1.14. The Kier molecular flexibility index (Phi) is 9.59. The lowest BCUT2D eigenvalue weighted by Gasteiger charge is -2.15. The van der Waals surface area contributed by atoms with E-state index in [0.717, 1.165) is 50.5 Å². The number of hydrogen-bond acceptors (Lipinski definition) is 4. The van der Waals surface area contributed by atoms with Crippen LogP contribution in [0, 0.1) is 22.7 Å². The van der Waals surface area contributed by atoms with Gasteiger partial charge in [0, 0.05) is 11.1 Å². The van der Waals surface area contributed by atoms with Gasteiger partial charge in [-0.25, -0.2) is 4.79 Å². The summed E-state index contributed by atoms with van der Waals surface area (Å²) >= 11 is 0. The first-order chi connectivity index (χ1) is 15.1. The molecule has 31 heavy (non-hydrogen) atoms. The molecule has 0 saturated heterocycles. The van der Waals surface area contributed by atoms with Crippen molar-refractivity contribution < 1.29 is 14.6 Å². The number of aromatic carboxylic acids is 1. The highest BCUT2D eigenvalue weighted by molar-refractivity contribution is 5.99. The van der Waals surface area contributed by atoms with Gasteiger partial charge >= 0.3 is 5.97 Å². The third-order valence-corrected chi connectivity index (χ3v) is 5.31. The number of nitriles is 2. The molecule has 0 aromatic heterocycles. The van der Waals surface area contributed by atoms with Crippen molar-refractivity contribution in [2.45, 2.75) is 65.2 Å². The van der Waals surface area contributed by atoms with E-state index in [4.69, 9.17) is 4.74 Å². The SMILES string of the molecule is CCCCCCCOc1ccc(C(=O)O)c(-c2ccc(CCCC)cc2C#N)c1C#N. The fraction of sp³-hybridized carbons (Fsp3) is 0.423. The molecule has 5 nitrogen and oxygen atoms in total. The normalized spacial score (nSPS) is 10.3. The van der Waals surface area contributed by atoms with E-state index in [-0.39, 0.29) is 16.7 Å². The predicted molar refractivity (Wildman–Crippen MR) is 121 cm³/mol. The first kappa shape index (κ1) is 24.0. The van der Waals surface area contributed by atoms with E-state index in [9.17, 15) is 20.4 Å². The van der Waals surface area contributed by atoms with E-state index in [1.54, 1.807) is 18.2 Å². The predicted octanol–water partition coefficient (Wildman–Crippen LogP) is 6.49. The van der Waals surface area contributed by atoms with Gasteiger partial charge in [-0.2, -0.15) is 10.5 Å². The zero-order valence-corrected chi connectivity index (χ0v) is 18.4. The number of benzene rings is 2. The van der Waals surface area contributed by atoms with Crippen LogP contribution in [0.4, 0.5) is 0 Å². The highest BCUT2D eigenvalue weighted by Crippen LogP contribution is 2.36. The second-order valence-corrected chi connectivity index (χ2v) is 7.64. The van der Waals surface area contributed by atoms with E-state index in [1.807, 2.05) is 6.07 Å². The van der Waals surface area contributed by atoms with Crippen LogP contribution < -0.4 is 4.74 Å². The monoisotopic (exact) mass is 418 g/mol. The van der Waals surface area contributed by atoms with Crippen LogP contribution in [0.25, 0.3) is 11.1 Å². The van der Waals surface area contributed by atoms with Crippen molar-refractivity contribution in [1.82, 2.24) is 0 Å². The topological polar surface area (TPSA) is 94.1 Å². The molecule has 0 aliphatic carbocycles. The van der Waals surface area contributed by atoms with Crippen LogP contribution >= 0.6 is 0 Å². The number of rotatable bonds is 12. The van der Waals surface area contributed by atoms with Crippen LogP contribution in [-0.4, -0.2) is 17.7 Å². The molecule has 1 N–H and O–H groups in total. The zero-order chi connectivity index (χ0) is 22.6. The van der Waals surface area contributed by atoms with Crippen molar-refractivity contribution in [2.75, 3.05) is 6.61 Å². The molecular weight excluding hydrogens is 388 g/mol. The Morgan fingerprint density at radius 3 is 2.35 bits per heavy atom. The Labute approximate surface area is 184 Å². The first-order valence-electron chi connectivity index (χ1n) is 11.0. The molecule has 0 fully saturated rings. The largest absolute Gasteiger partial charge is 0.492 e. The molecule has 0 heterocycles. The van der Waals surface area contributed by atoms with E-state index >= 15 is 0 Å². The quantitative estimate of drug-likeness (QED) is 0.398. The number of carboxylic acids is 1. The lowest BCUT2D eigenvalue weighted by atomic mass is 9.89. The third-order valence-electron chi connectivity index (χ3n) is 5.31. The molecule has 2 aromatic carbocycles. The minimum absolute atomic E-state index is 0.00958. The molecule has 0 radical (unpaired) electrons. The Bertz CT molecular complexity index is 983. The highest BCUT2D eigenvalue weighted by Gasteiger charge is 2.22. The first-order valence-corrected chi connectivity index (χ1v) is 11.0. The highest BCUT2D eigenvalue weighted by atomic mass is 16.5. The van der Waals surface area contributed by atoms with Crippen LogP contribution in [0.1, 0.15) is 85.8 Å². The fourth-order valence-corrected chi connectivity index (χ4v) is 3.60. The lowest BCUT2D eigenvalue weighted by Crippen LogP contribution is -2.06. The molecule has 0 aliphatic heterocycles. The van der Waals surface area contributed by atoms with Crippen LogP contribution in [0.2, 0.25) is 0 Å². The molecule has 0 atom stereocenters. The molecule has 0 bridgehead atoms. The van der Waals surface area contributed by atoms with Gasteiger partial charge in [0.2, 0.25) is 0 Å². The van der Waals surface area contributed by atoms with Crippen molar-refractivity contribution in [3.63, 3.8) is 0 Å². The number of carbonyl (C=O) groups is 1. The summed E-state index contributed by atoms with van der Waals surface area (Å²) < 4.78 is 5.86. The summed E-state index contributed by atoms with van der Waals surface area (Å²) in [6.07, 6.45) is 8.32. The van der Waals surface area contributed by atoms with Crippen molar-refractivity contribution in [2.24, 2.45) is 0 Å². The molecule has 0 saturated carbocycles. The molecule has 162 valence electrons. The van der Waals surface area contributed by atoms with Crippen molar-refractivity contribution in [1.29, 1.82) is 10.5 Å². The Balaban J connectivity index is 2.44. The van der Waals surface area contributed by atoms with Crippen LogP contribution in [0.5, 0.6) is 5.75 Å². The summed E-state index contributed by atoms with van der Waals surface area (Å²) in [5.74, 6) is -0.784. The zero-order valence-electron chi connectivity index (χ0n) is 18.4. The van der Waals surface area contributed by atoms with Crippen LogP contribution in [0.15, 0.2) is 30.3 Å². The Hall–Kier alpha value is -3.31. The van der Waals surface area contributed by atoms with E-state index < -0.39 is 5.97 Å². The Morgan fingerprint density at radius 2 is 1.71 bits per heavy atom. The molecular formula is C26H30N2O3. The van der Waals surface area contributed by atoms with Gasteiger partial charge in [0.05, 0.1) is 23.8 Å². The smallest absolute Gasteiger partial charge is 0.336 e. The molecule has 0 aliphatic rings. The van der Waals surface area contributed by atoms with E-state index in [0.29, 0.717) is 23.5 Å². The maximum absolute atomic E-state index is 11.9. The molecule has 0 spiro atoms. The molecule has 5 heteroatoms. The number of ether oxygens (including phenoxy) is 1. The summed E-state index contributed by atoms with van der Waals surface area (Å²) in [5.41, 5.74) is 2.24. The summed E-state index contributed by atoms with van der Waals surface area (Å²) in [6, 6.07) is 12.7. The molecule has 2 aromatic rings. The number of hydrogen-bond donors (Lipinski definition) is 1. The maximum atomic E-state index is 11.9. The fourth-order valence-electron chi connectivity index (χ4n) is 3.60. The Morgan fingerprint density at radius 1 is 0.968 bits per heavy atom. The average Bonchev–Trinajstić information content (AvgIpc) is 2.79. The van der Waals surface area contributed by atoms with Crippen molar-refractivity contribution >= 4 is 5.97 Å². The lowest BCUT2D eigenvalue weighted by molar-refractivity contribution is 0.0697. The van der Waals surface area contributed by atoms with Crippen molar-refractivity contribution in [3.05, 3.63) is 52.6 Å². The molecule has 2 rings (SSSR count). The summed E-state index contributed by atoms with van der Waals surface area (Å²) in [6.45, 7) is 4.73. The summed E-state index contributed by atoms with van der Waals surface area (Å²) in [5, 5.41) is 29.3. The van der Waals surface area contributed by atoms with E-state index in [1.165, 1.54) is 12.5 Å². The average molecular weight is 419 g/mol. The standard InChI is InChI=1S/C26H30N2O3/c1-3-5-7-8-9-15-31-24-14-13-22(26(29)30)25(23(24)18-28)21-12-11-19(10-6-4-2)16-20(21)17-27/h11-14,16H,3-10,15H2,1-2H3,(H,29,30). The molecule has 0 unspecified atom stereocenters. The minimum Gasteiger partial charge on any atom is -0.492 e. The van der Waals surface area contributed by atoms with Gasteiger partial charge in [0.15, 0.2) is 0 Å². The maximum Gasteiger partial charge on any atom is 0.336 e. The number of nitrogens with zero attached hydrogens (tertiary/aromatic N) is 2. The van der Waals surface area contributed by atoms with Gasteiger partial charge in [0.25, 0.3) is 0 Å². The van der Waals surface area contributed by atoms with Gasteiger partial charge in [-0.1, -0.05) is 58.1 Å². The number of unbranched alkanes of at least 4 members (excludes halogenated alkanes) is 5. The van der Waals surface area contributed by atoms with Gasteiger partial charge < -0.3 is 9.84 Å². The van der Waals surface area contributed by atoms with Gasteiger partial charge in [-0.15, -0.1) is 0 Å². The van der Waals surface area contributed by atoms with E-state index in [2.05, 4.69) is 26.0 Å².